The average Bonchev–Trinajstić information content (AvgIpc) is 3.25. The zero-order chi connectivity index (χ0) is 20.7. The molecule has 4 heterocycles. The van der Waals surface area contributed by atoms with Gasteiger partial charge in [0.1, 0.15) is 0 Å². The maximum atomic E-state index is 12.7. The summed E-state index contributed by atoms with van der Waals surface area (Å²) in [5.41, 5.74) is 2.64. The number of ketones is 1. The minimum Gasteiger partial charge on any atom is -0.342 e. The van der Waals surface area contributed by atoms with Gasteiger partial charge in [-0.3, -0.25) is 9.59 Å². The van der Waals surface area contributed by atoms with Crippen molar-refractivity contribution in [2.24, 2.45) is 0 Å². The molecule has 0 spiro atoms. The summed E-state index contributed by atoms with van der Waals surface area (Å²) in [6, 6.07) is 1.94. The Morgan fingerprint density at radius 1 is 1.14 bits per heavy atom. The van der Waals surface area contributed by atoms with Crippen LogP contribution < -0.4 is 0 Å². The van der Waals surface area contributed by atoms with Crippen molar-refractivity contribution in [3.8, 4) is 0 Å². The molecule has 0 radical (unpaired) electrons. The Morgan fingerprint density at radius 3 is 2.52 bits per heavy atom. The first kappa shape index (κ1) is 19.6. The molecule has 3 aromatic rings. The molecule has 0 aromatic carbocycles. The zero-order valence-corrected chi connectivity index (χ0v) is 17.9. The van der Waals surface area contributed by atoms with Crippen LogP contribution in [0.3, 0.4) is 0 Å². The summed E-state index contributed by atoms with van der Waals surface area (Å²) in [4.78, 5) is 40.4. The first-order valence-electron chi connectivity index (χ1n) is 9.77. The van der Waals surface area contributed by atoms with E-state index in [1.54, 1.807) is 11.4 Å². The molecule has 8 nitrogen and oxygen atoms in total. The number of carbonyl (C=O) groups is 2. The summed E-state index contributed by atoms with van der Waals surface area (Å²) in [7, 11) is 0. The van der Waals surface area contributed by atoms with E-state index in [2.05, 4.69) is 20.1 Å². The third-order valence-electron chi connectivity index (χ3n) is 5.30. The lowest BCUT2D eigenvalue weighted by Crippen LogP contribution is -2.39. The number of rotatable bonds is 4. The van der Waals surface area contributed by atoms with Crippen LogP contribution in [-0.2, 0) is 11.2 Å². The molecule has 1 aliphatic heterocycles. The molecule has 0 N–H and O–H groups in total. The fraction of sp³-hybridized carbons (Fsp3) is 0.500. The van der Waals surface area contributed by atoms with E-state index in [4.69, 9.17) is 0 Å². The third kappa shape index (κ3) is 3.91. The first-order valence-corrected chi connectivity index (χ1v) is 10.6. The molecule has 0 unspecified atom stereocenters. The number of Topliss-reactive ketones (excluding diaryl/α,β-unsaturated/α-hetero) is 1. The predicted octanol–water partition coefficient (Wildman–Crippen LogP) is 2.66. The SMILES string of the molecule is CC(=O)c1sc(C2CCN(C(=O)Cc3nc4nc(C)cc(C)n4n3)CC2)nc1C. The van der Waals surface area contributed by atoms with Crippen LogP contribution in [0.15, 0.2) is 6.07 Å². The Kier molecular flexibility index (Phi) is 5.16. The second-order valence-corrected chi connectivity index (χ2v) is 8.66. The van der Waals surface area contributed by atoms with Gasteiger partial charge >= 0.3 is 0 Å². The Hall–Kier alpha value is -2.68. The van der Waals surface area contributed by atoms with Gasteiger partial charge in [-0.1, -0.05) is 0 Å². The van der Waals surface area contributed by atoms with Crippen LogP contribution in [0, 0.1) is 20.8 Å². The third-order valence-corrected chi connectivity index (χ3v) is 6.72. The zero-order valence-electron chi connectivity index (χ0n) is 17.1. The van der Waals surface area contributed by atoms with E-state index in [1.165, 1.54) is 11.3 Å². The van der Waals surface area contributed by atoms with E-state index >= 15 is 0 Å². The Morgan fingerprint density at radius 2 is 1.86 bits per heavy atom. The maximum absolute atomic E-state index is 12.7. The molecular weight excluding hydrogens is 388 g/mol. The van der Waals surface area contributed by atoms with Gasteiger partial charge in [0, 0.05) is 37.3 Å². The van der Waals surface area contributed by atoms with Crippen LogP contribution in [0.25, 0.3) is 5.78 Å². The number of carbonyl (C=O) groups excluding carboxylic acids is 2. The minimum atomic E-state index is 0.0356. The van der Waals surface area contributed by atoms with E-state index in [0.717, 1.165) is 39.8 Å². The summed E-state index contributed by atoms with van der Waals surface area (Å²) in [6.07, 6.45) is 1.89. The molecule has 9 heteroatoms. The summed E-state index contributed by atoms with van der Waals surface area (Å²) >= 11 is 1.50. The van der Waals surface area contributed by atoms with Crippen molar-refractivity contribution in [2.45, 2.75) is 52.9 Å². The standard InChI is InChI=1S/C20H24N6O2S/c1-11-9-12(2)26-20(21-11)23-16(24-26)10-17(28)25-7-5-15(6-8-25)19-22-13(3)18(29-19)14(4)27/h9,15H,5-8,10H2,1-4H3. The van der Waals surface area contributed by atoms with Crippen LogP contribution >= 0.6 is 11.3 Å². The Labute approximate surface area is 173 Å². The summed E-state index contributed by atoms with van der Waals surface area (Å²) in [6.45, 7) is 8.69. The summed E-state index contributed by atoms with van der Waals surface area (Å²) in [5.74, 6) is 1.44. The molecule has 0 bridgehead atoms. The second kappa shape index (κ2) is 7.62. The van der Waals surface area contributed by atoms with Gasteiger partial charge in [-0.25, -0.2) is 14.5 Å². The minimum absolute atomic E-state index is 0.0356. The Bertz CT molecular complexity index is 1090. The van der Waals surface area contributed by atoms with Gasteiger partial charge in [0.25, 0.3) is 5.78 Å². The van der Waals surface area contributed by atoms with E-state index in [0.29, 0.717) is 30.6 Å². The van der Waals surface area contributed by atoms with Gasteiger partial charge in [0.2, 0.25) is 5.91 Å². The molecule has 1 saturated heterocycles. The van der Waals surface area contributed by atoms with E-state index < -0.39 is 0 Å². The molecule has 1 amide bonds. The topological polar surface area (TPSA) is 93.4 Å². The van der Waals surface area contributed by atoms with Crippen molar-refractivity contribution in [1.82, 2.24) is 29.5 Å². The highest BCUT2D eigenvalue weighted by Gasteiger charge is 2.27. The molecule has 29 heavy (non-hydrogen) atoms. The van der Waals surface area contributed by atoms with E-state index in [9.17, 15) is 9.59 Å². The highest BCUT2D eigenvalue weighted by atomic mass is 32.1. The molecule has 1 fully saturated rings. The van der Waals surface area contributed by atoms with Crippen LogP contribution in [-0.4, -0.2) is 54.2 Å². The Balaban J connectivity index is 1.40. The van der Waals surface area contributed by atoms with Gasteiger partial charge in [0.15, 0.2) is 11.6 Å². The predicted molar refractivity (Wildman–Crippen MR) is 109 cm³/mol. The highest BCUT2D eigenvalue weighted by molar-refractivity contribution is 7.13. The molecular formula is C20H24N6O2S. The van der Waals surface area contributed by atoms with Crippen molar-refractivity contribution in [3.63, 3.8) is 0 Å². The number of piperidine rings is 1. The van der Waals surface area contributed by atoms with Gasteiger partial charge in [-0.05, 0) is 39.7 Å². The molecule has 3 aromatic heterocycles. The number of aromatic nitrogens is 5. The number of hydrogen-bond acceptors (Lipinski definition) is 7. The molecule has 152 valence electrons. The van der Waals surface area contributed by atoms with Crippen molar-refractivity contribution in [3.05, 3.63) is 38.9 Å². The number of nitrogens with zero attached hydrogens (tertiary/aromatic N) is 6. The second-order valence-electron chi connectivity index (χ2n) is 7.63. The summed E-state index contributed by atoms with van der Waals surface area (Å²) < 4.78 is 1.68. The van der Waals surface area contributed by atoms with Crippen molar-refractivity contribution in [1.29, 1.82) is 0 Å². The number of aryl methyl sites for hydroxylation is 3. The molecule has 4 rings (SSSR count). The quantitative estimate of drug-likeness (QED) is 0.612. The van der Waals surface area contributed by atoms with Gasteiger partial charge in [-0.15, -0.1) is 16.4 Å². The highest BCUT2D eigenvalue weighted by Crippen LogP contribution is 2.32. The number of amides is 1. The van der Waals surface area contributed by atoms with Gasteiger partial charge < -0.3 is 4.90 Å². The number of likely N-dealkylation sites (tertiary alicyclic amines) is 1. The molecule has 1 aliphatic rings. The number of hydrogen-bond donors (Lipinski definition) is 0. The molecule has 0 saturated carbocycles. The lowest BCUT2D eigenvalue weighted by atomic mass is 9.97. The fourth-order valence-corrected chi connectivity index (χ4v) is 4.96. The number of thiazole rings is 1. The normalized spacial score (nSPS) is 15.2. The van der Waals surface area contributed by atoms with Crippen molar-refractivity contribution in [2.75, 3.05) is 13.1 Å². The molecule has 0 atom stereocenters. The van der Waals surface area contributed by atoms with Gasteiger partial charge in [-0.2, -0.15) is 4.98 Å². The van der Waals surface area contributed by atoms with E-state index in [-0.39, 0.29) is 18.1 Å². The summed E-state index contributed by atoms with van der Waals surface area (Å²) in [5, 5.41) is 5.45. The largest absolute Gasteiger partial charge is 0.342 e. The van der Waals surface area contributed by atoms with Crippen LogP contribution in [0.2, 0.25) is 0 Å². The monoisotopic (exact) mass is 412 g/mol. The van der Waals surface area contributed by atoms with Crippen LogP contribution in [0.1, 0.15) is 63.3 Å². The lowest BCUT2D eigenvalue weighted by Gasteiger charge is -2.31. The first-order chi connectivity index (χ1) is 13.8. The van der Waals surface area contributed by atoms with Crippen molar-refractivity contribution >= 4 is 28.8 Å². The lowest BCUT2D eigenvalue weighted by molar-refractivity contribution is -0.131. The average molecular weight is 413 g/mol. The van der Waals surface area contributed by atoms with Crippen molar-refractivity contribution < 1.29 is 9.59 Å². The van der Waals surface area contributed by atoms with Crippen LogP contribution in [0.4, 0.5) is 0 Å². The maximum Gasteiger partial charge on any atom is 0.252 e. The van der Waals surface area contributed by atoms with Gasteiger partial charge in [0.05, 0.1) is 22.0 Å². The number of fused-ring (bicyclic) bond motifs is 1. The van der Waals surface area contributed by atoms with Crippen LogP contribution in [0.5, 0.6) is 0 Å². The van der Waals surface area contributed by atoms with E-state index in [1.807, 2.05) is 31.7 Å². The molecule has 0 aliphatic carbocycles. The fourth-order valence-electron chi connectivity index (χ4n) is 3.82. The smallest absolute Gasteiger partial charge is 0.252 e.